The van der Waals surface area contributed by atoms with E-state index in [9.17, 15) is 27.9 Å². The van der Waals surface area contributed by atoms with Gasteiger partial charge in [0.2, 0.25) is 0 Å². The lowest BCUT2D eigenvalue weighted by Crippen LogP contribution is -2.49. The molecule has 5 nitrogen and oxygen atoms in total. The highest BCUT2D eigenvalue weighted by Crippen LogP contribution is 2.33. The summed E-state index contributed by atoms with van der Waals surface area (Å²) >= 11 is 0. The molecule has 1 fully saturated rings. The summed E-state index contributed by atoms with van der Waals surface area (Å²) < 4.78 is 38.4. The molecule has 0 radical (unpaired) electrons. The second-order valence-corrected chi connectivity index (χ2v) is 5.74. The highest BCUT2D eigenvalue weighted by atomic mass is 19.4. The molecule has 8 heteroatoms. The molecule has 0 saturated heterocycles. The highest BCUT2D eigenvalue weighted by molar-refractivity contribution is 6.39. The van der Waals surface area contributed by atoms with Gasteiger partial charge in [-0.3, -0.25) is 9.59 Å². The molecule has 1 aliphatic carbocycles. The number of hydrogen-bond donors (Lipinski definition) is 3. The minimum atomic E-state index is -4.54. The largest absolute Gasteiger partial charge is 0.416 e. The van der Waals surface area contributed by atoms with Crippen molar-refractivity contribution in [2.75, 3.05) is 11.9 Å². The first kappa shape index (κ1) is 17.3. The standard InChI is InChI=1S/C15H17F3N2O3/c1-9-3-4-10(7-11(9)15(16,17)18)20-13(22)12(21)19-8-14(23)5-2-6-14/h3-4,7,23H,2,5-6,8H2,1H3,(H,19,21)(H,20,22). The van der Waals surface area contributed by atoms with Crippen molar-refractivity contribution < 1.29 is 27.9 Å². The Bertz CT molecular complexity index is 625. The average Bonchev–Trinajstić information content (AvgIpc) is 2.43. The van der Waals surface area contributed by atoms with Crippen molar-refractivity contribution in [2.24, 2.45) is 0 Å². The van der Waals surface area contributed by atoms with Crippen LogP contribution in [0.3, 0.4) is 0 Å². The number of benzene rings is 1. The molecular weight excluding hydrogens is 313 g/mol. The third-order valence-corrected chi connectivity index (χ3v) is 3.87. The molecule has 0 unspecified atom stereocenters. The molecular formula is C15H17F3N2O3. The summed E-state index contributed by atoms with van der Waals surface area (Å²) in [4.78, 5) is 23.3. The maximum absolute atomic E-state index is 12.8. The Morgan fingerprint density at radius 2 is 1.91 bits per heavy atom. The molecule has 23 heavy (non-hydrogen) atoms. The topological polar surface area (TPSA) is 78.4 Å². The SMILES string of the molecule is Cc1ccc(NC(=O)C(=O)NCC2(O)CCC2)cc1C(F)(F)F. The van der Waals surface area contributed by atoms with Crippen molar-refractivity contribution in [3.05, 3.63) is 29.3 Å². The lowest BCUT2D eigenvalue weighted by Gasteiger charge is -2.36. The predicted molar refractivity (Wildman–Crippen MR) is 76.6 cm³/mol. The van der Waals surface area contributed by atoms with Crippen LogP contribution in [0.5, 0.6) is 0 Å². The molecule has 0 bridgehead atoms. The molecule has 0 atom stereocenters. The lowest BCUT2D eigenvalue weighted by molar-refractivity contribution is -0.138. The van der Waals surface area contributed by atoms with Gasteiger partial charge in [0.15, 0.2) is 0 Å². The van der Waals surface area contributed by atoms with Gasteiger partial charge in [-0.1, -0.05) is 6.07 Å². The molecule has 1 saturated carbocycles. The number of alkyl halides is 3. The van der Waals surface area contributed by atoms with Crippen LogP contribution in [0.1, 0.15) is 30.4 Å². The molecule has 1 aliphatic rings. The van der Waals surface area contributed by atoms with E-state index < -0.39 is 29.2 Å². The van der Waals surface area contributed by atoms with Gasteiger partial charge in [0.1, 0.15) is 0 Å². The summed E-state index contributed by atoms with van der Waals surface area (Å²) in [6, 6.07) is 3.28. The molecule has 2 amide bonds. The molecule has 126 valence electrons. The molecule has 0 spiro atoms. The van der Waals surface area contributed by atoms with E-state index in [2.05, 4.69) is 10.6 Å². The summed E-state index contributed by atoms with van der Waals surface area (Å²) in [6.45, 7) is 1.25. The summed E-state index contributed by atoms with van der Waals surface area (Å²) in [5.74, 6) is -2.08. The Kier molecular flexibility index (Phi) is 4.65. The zero-order valence-electron chi connectivity index (χ0n) is 12.5. The number of amides is 2. The van der Waals surface area contributed by atoms with Gasteiger partial charge in [-0.15, -0.1) is 0 Å². The minimum Gasteiger partial charge on any atom is -0.388 e. The maximum atomic E-state index is 12.8. The van der Waals surface area contributed by atoms with Crippen molar-refractivity contribution >= 4 is 17.5 Å². The van der Waals surface area contributed by atoms with Gasteiger partial charge in [0, 0.05) is 12.2 Å². The van der Waals surface area contributed by atoms with E-state index in [0.717, 1.165) is 12.5 Å². The van der Waals surface area contributed by atoms with Crippen molar-refractivity contribution in [3.8, 4) is 0 Å². The number of rotatable bonds is 3. The Morgan fingerprint density at radius 1 is 1.26 bits per heavy atom. The van der Waals surface area contributed by atoms with Gasteiger partial charge in [0.25, 0.3) is 0 Å². The van der Waals surface area contributed by atoms with E-state index in [-0.39, 0.29) is 17.8 Å². The van der Waals surface area contributed by atoms with Crippen LogP contribution in [0.4, 0.5) is 18.9 Å². The van der Waals surface area contributed by atoms with Crippen molar-refractivity contribution in [1.82, 2.24) is 5.32 Å². The van der Waals surface area contributed by atoms with E-state index >= 15 is 0 Å². The van der Waals surface area contributed by atoms with Crippen LogP contribution in [-0.2, 0) is 15.8 Å². The Hall–Kier alpha value is -2.09. The Morgan fingerprint density at radius 3 is 2.43 bits per heavy atom. The third-order valence-electron chi connectivity index (χ3n) is 3.87. The van der Waals surface area contributed by atoms with Gasteiger partial charge in [-0.05, 0) is 43.9 Å². The fraction of sp³-hybridized carbons (Fsp3) is 0.467. The van der Waals surface area contributed by atoms with Crippen LogP contribution in [0.2, 0.25) is 0 Å². The summed E-state index contributed by atoms with van der Waals surface area (Å²) in [5.41, 5.74) is -1.96. The molecule has 3 N–H and O–H groups in total. The van der Waals surface area contributed by atoms with Crippen LogP contribution in [0.15, 0.2) is 18.2 Å². The normalized spacial score (nSPS) is 16.4. The molecule has 1 aromatic carbocycles. The maximum Gasteiger partial charge on any atom is 0.416 e. The summed E-state index contributed by atoms with van der Waals surface area (Å²) in [7, 11) is 0. The van der Waals surface area contributed by atoms with Gasteiger partial charge >= 0.3 is 18.0 Å². The van der Waals surface area contributed by atoms with Gasteiger partial charge < -0.3 is 15.7 Å². The summed E-state index contributed by atoms with van der Waals surface area (Å²) in [5, 5.41) is 14.2. The number of anilines is 1. The summed E-state index contributed by atoms with van der Waals surface area (Å²) in [6.07, 6.45) is -2.60. The van der Waals surface area contributed by atoms with E-state index in [1.54, 1.807) is 0 Å². The number of aliphatic hydroxyl groups is 1. The zero-order chi connectivity index (χ0) is 17.3. The minimum absolute atomic E-state index is 0.0205. The first-order valence-corrected chi connectivity index (χ1v) is 7.10. The molecule has 0 aromatic heterocycles. The number of carbonyl (C=O) groups is 2. The van der Waals surface area contributed by atoms with Crippen molar-refractivity contribution in [3.63, 3.8) is 0 Å². The van der Waals surface area contributed by atoms with Gasteiger partial charge in [-0.2, -0.15) is 13.2 Å². The average molecular weight is 330 g/mol. The second kappa shape index (κ2) is 6.19. The van der Waals surface area contributed by atoms with E-state index in [1.807, 2.05) is 0 Å². The van der Waals surface area contributed by atoms with Crippen LogP contribution < -0.4 is 10.6 Å². The molecule has 2 rings (SSSR count). The zero-order valence-corrected chi connectivity index (χ0v) is 12.5. The van der Waals surface area contributed by atoms with Gasteiger partial charge in [0.05, 0.1) is 11.2 Å². The van der Waals surface area contributed by atoms with Crippen LogP contribution >= 0.6 is 0 Å². The number of carbonyl (C=O) groups excluding carboxylic acids is 2. The quantitative estimate of drug-likeness (QED) is 0.742. The van der Waals surface area contributed by atoms with E-state index in [0.29, 0.717) is 12.8 Å². The molecule has 0 heterocycles. The second-order valence-electron chi connectivity index (χ2n) is 5.74. The van der Waals surface area contributed by atoms with Crippen molar-refractivity contribution in [1.29, 1.82) is 0 Å². The van der Waals surface area contributed by atoms with Gasteiger partial charge in [-0.25, -0.2) is 0 Å². The number of nitrogens with one attached hydrogen (secondary N) is 2. The fourth-order valence-electron chi connectivity index (χ4n) is 2.28. The number of hydrogen-bond acceptors (Lipinski definition) is 3. The number of halogens is 3. The molecule has 0 aliphatic heterocycles. The first-order valence-electron chi connectivity index (χ1n) is 7.10. The Balaban J connectivity index is 1.98. The number of aryl methyl sites for hydroxylation is 1. The smallest absolute Gasteiger partial charge is 0.388 e. The van der Waals surface area contributed by atoms with E-state index in [4.69, 9.17) is 0 Å². The third kappa shape index (κ3) is 4.22. The monoisotopic (exact) mass is 330 g/mol. The highest BCUT2D eigenvalue weighted by Gasteiger charge is 2.35. The predicted octanol–water partition coefficient (Wildman–Crippen LogP) is 1.98. The van der Waals surface area contributed by atoms with Crippen molar-refractivity contribution in [2.45, 2.75) is 38.0 Å². The van der Waals surface area contributed by atoms with Crippen LogP contribution in [-0.4, -0.2) is 29.1 Å². The lowest BCUT2D eigenvalue weighted by atomic mass is 9.80. The first-order chi connectivity index (χ1) is 10.6. The Labute approximate surface area is 130 Å². The molecule has 1 aromatic rings. The van der Waals surface area contributed by atoms with Crippen LogP contribution in [0.25, 0.3) is 0 Å². The van der Waals surface area contributed by atoms with E-state index in [1.165, 1.54) is 19.1 Å². The fourth-order valence-corrected chi connectivity index (χ4v) is 2.28. The van der Waals surface area contributed by atoms with Crippen LogP contribution in [0, 0.1) is 6.92 Å².